The van der Waals surface area contributed by atoms with E-state index in [0.717, 1.165) is 3.07 Å². The van der Waals surface area contributed by atoms with Gasteiger partial charge in [0, 0.05) is 0 Å². The summed E-state index contributed by atoms with van der Waals surface area (Å²) in [5, 5.41) is 0. The second-order valence-corrected chi connectivity index (χ2v) is 8.16. The van der Waals surface area contributed by atoms with Crippen molar-refractivity contribution in [3.63, 3.8) is 0 Å². The zero-order valence-corrected chi connectivity index (χ0v) is 14.3. The Balaban J connectivity index is 2.86. The van der Waals surface area contributed by atoms with Crippen molar-refractivity contribution in [3.05, 3.63) is 29.8 Å². The Morgan fingerprint density at radius 2 is 2.00 bits per heavy atom. The molecule has 0 fully saturated rings. The summed E-state index contributed by atoms with van der Waals surface area (Å²) in [4.78, 5) is 21.9. The summed E-state index contributed by atoms with van der Waals surface area (Å²) in [7, 11) is 0. The van der Waals surface area contributed by atoms with Crippen LogP contribution in [0.15, 0.2) is 24.3 Å². The molecule has 1 rings (SSSR count). The van der Waals surface area contributed by atoms with E-state index in [1.54, 1.807) is 24.3 Å². The minimum absolute atomic E-state index is 0.314. The maximum absolute atomic E-state index is 11.2. The number of rotatable bonds is 3. The molecule has 0 saturated heterocycles. The van der Waals surface area contributed by atoms with Crippen molar-refractivity contribution in [3.8, 4) is 0 Å². The average Bonchev–Trinajstić information content (AvgIpc) is 2.25. The minimum atomic E-state index is -2.01. The molecular formula is C9H7ClHgO4. The molecule has 0 aliphatic rings. The molecule has 4 nitrogen and oxygen atoms in total. The van der Waals surface area contributed by atoms with E-state index in [0.29, 0.717) is 5.56 Å². The average molecular weight is 415 g/mol. The predicted octanol–water partition coefficient (Wildman–Crippen LogP) is 1.18. The Morgan fingerprint density at radius 1 is 1.33 bits per heavy atom. The van der Waals surface area contributed by atoms with Crippen LogP contribution in [-0.4, -0.2) is 11.9 Å². The van der Waals surface area contributed by atoms with E-state index in [4.69, 9.17) is 14.5 Å². The fourth-order valence-electron chi connectivity index (χ4n) is 1.07. The molecule has 1 aromatic carbocycles. The van der Waals surface area contributed by atoms with E-state index in [2.05, 4.69) is 4.29 Å². The standard InChI is InChI=1S/C7H4ClO2.C2H4O2.Hg/c8-10-7(9)6-4-2-1-3-5-6;1-2(3)4;/h1-4H;1H3,(H,3,4);/q;;+1/p-1. The van der Waals surface area contributed by atoms with Gasteiger partial charge in [0.15, 0.2) is 0 Å². The fraction of sp³-hybridized carbons (Fsp3) is 0.111. The van der Waals surface area contributed by atoms with Gasteiger partial charge < -0.3 is 0 Å². The number of halogens is 1. The van der Waals surface area contributed by atoms with E-state index in [9.17, 15) is 9.59 Å². The first-order valence-corrected chi connectivity index (χ1v) is 9.49. The Kier molecular flexibility index (Phi) is 5.04. The van der Waals surface area contributed by atoms with E-state index >= 15 is 0 Å². The molecule has 0 atom stereocenters. The molecule has 6 heteroatoms. The predicted molar refractivity (Wildman–Crippen MR) is 49.1 cm³/mol. The van der Waals surface area contributed by atoms with Gasteiger partial charge >= 0.3 is 105 Å². The second-order valence-electron chi connectivity index (χ2n) is 2.80. The topological polar surface area (TPSA) is 52.6 Å². The van der Waals surface area contributed by atoms with Crippen LogP contribution in [0.25, 0.3) is 0 Å². The quantitative estimate of drug-likeness (QED) is 0.697. The summed E-state index contributed by atoms with van der Waals surface area (Å²) < 4.78 is 9.88. The van der Waals surface area contributed by atoms with Crippen LogP contribution in [0.3, 0.4) is 0 Å². The van der Waals surface area contributed by atoms with Crippen molar-refractivity contribution in [2.75, 3.05) is 0 Å². The molecule has 76 valence electrons. The molecule has 0 spiro atoms. The normalized spacial score (nSPS) is 8.93. The molecule has 0 heterocycles. The van der Waals surface area contributed by atoms with Gasteiger partial charge in [-0.25, -0.2) is 0 Å². The van der Waals surface area contributed by atoms with Crippen LogP contribution in [0.2, 0.25) is 0 Å². The van der Waals surface area contributed by atoms with Gasteiger partial charge in [0.1, 0.15) is 0 Å². The van der Waals surface area contributed by atoms with Gasteiger partial charge in [-0.1, -0.05) is 0 Å². The summed E-state index contributed by atoms with van der Waals surface area (Å²) in [6.45, 7) is 1.35. The molecule has 1 aromatic rings. The third kappa shape index (κ3) is 3.79. The second kappa shape index (κ2) is 6.07. The van der Waals surface area contributed by atoms with Crippen LogP contribution in [0.5, 0.6) is 0 Å². The van der Waals surface area contributed by atoms with Crippen molar-refractivity contribution in [2.45, 2.75) is 6.92 Å². The van der Waals surface area contributed by atoms with Gasteiger partial charge in [0.25, 0.3) is 0 Å². The molecule has 0 amide bonds. The third-order valence-electron chi connectivity index (χ3n) is 1.74. The van der Waals surface area contributed by atoms with E-state index in [1.807, 2.05) is 0 Å². The zero-order valence-electron chi connectivity index (χ0n) is 8.03. The number of hydrogen-bond acceptors (Lipinski definition) is 4. The van der Waals surface area contributed by atoms with Gasteiger partial charge in [-0.3, -0.25) is 0 Å². The van der Waals surface area contributed by atoms with Crippen molar-refractivity contribution in [1.29, 1.82) is 0 Å². The molecular weight excluding hydrogens is 408 g/mol. The molecule has 0 aliphatic heterocycles. The molecule has 0 aliphatic carbocycles. The van der Waals surface area contributed by atoms with Gasteiger partial charge in [-0.05, 0) is 0 Å². The monoisotopic (exact) mass is 416 g/mol. The fourth-order valence-corrected chi connectivity index (χ4v) is 5.07. The van der Waals surface area contributed by atoms with E-state index in [-0.39, 0.29) is 5.97 Å². The summed E-state index contributed by atoms with van der Waals surface area (Å²) in [6, 6.07) is 6.84. The molecule has 0 aromatic heterocycles. The SMILES string of the molecule is CC(=O)[O][Hg][c]1ccccc1C(=O)OCl. The molecule has 0 radical (unpaired) electrons. The number of hydrogen-bond donors (Lipinski definition) is 0. The zero-order chi connectivity index (χ0) is 11.3. The Bertz CT molecular complexity index is 380. The molecule has 15 heavy (non-hydrogen) atoms. The molecule has 0 N–H and O–H groups in total. The van der Waals surface area contributed by atoms with Gasteiger partial charge in [-0.2, -0.15) is 0 Å². The number of benzene rings is 1. The van der Waals surface area contributed by atoms with Gasteiger partial charge in [-0.15, -0.1) is 0 Å². The van der Waals surface area contributed by atoms with Gasteiger partial charge in [0.2, 0.25) is 0 Å². The Hall–Kier alpha value is -0.615. The van der Waals surface area contributed by atoms with Crippen LogP contribution < -0.4 is 3.07 Å². The molecule has 0 unspecified atom stereocenters. The first kappa shape index (κ1) is 12.5. The first-order valence-electron chi connectivity index (χ1n) is 4.19. The summed E-state index contributed by atoms with van der Waals surface area (Å²) in [5.41, 5.74) is 0.385. The summed E-state index contributed by atoms with van der Waals surface area (Å²) in [5.74, 6) is -0.926. The van der Waals surface area contributed by atoms with E-state index < -0.39 is 31.0 Å². The van der Waals surface area contributed by atoms with E-state index in [1.165, 1.54) is 6.92 Å². The van der Waals surface area contributed by atoms with Crippen molar-refractivity contribution in [1.82, 2.24) is 0 Å². The third-order valence-corrected chi connectivity index (χ3v) is 7.63. The molecule has 0 saturated carbocycles. The van der Waals surface area contributed by atoms with Crippen molar-refractivity contribution >= 4 is 26.9 Å². The Labute approximate surface area is 105 Å². The first-order chi connectivity index (χ1) is 7.15. The van der Waals surface area contributed by atoms with Crippen molar-refractivity contribution < 1.29 is 41.6 Å². The van der Waals surface area contributed by atoms with Gasteiger partial charge in [0.05, 0.1) is 0 Å². The van der Waals surface area contributed by atoms with Crippen LogP contribution in [-0.2, 0) is 36.8 Å². The van der Waals surface area contributed by atoms with Crippen molar-refractivity contribution in [2.24, 2.45) is 0 Å². The molecule has 0 bridgehead atoms. The number of carbonyl (C=O) groups is 2. The van der Waals surface area contributed by atoms with Crippen LogP contribution in [0.4, 0.5) is 0 Å². The van der Waals surface area contributed by atoms with Crippen LogP contribution in [0.1, 0.15) is 17.3 Å². The Morgan fingerprint density at radius 3 is 2.60 bits per heavy atom. The van der Waals surface area contributed by atoms with Crippen LogP contribution >= 0.6 is 11.9 Å². The summed E-state index contributed by atoms with van der Waals surface area (Å²) in [6.07, 6.45) is 0. The maximum atomic E-state index is 11.2. The summed E-state index contributed by atoms with van der Waals surface area (Å²) >= 11 is 2.98. The van der Waals surface area contributed by atoms with Crippen LogP contribution in [0, 0.1) is 0 Å². The number of carbonyl (C=O) groups excluding carboxylic acids is 2.